The molecule has 0 heterocycles. The minimum Gasteiger partial charge on any atom is -0.497 e. The van der Waals surface area contributed by atoms with E-state index in [-0.39, 0.29) is 0 Å². The Hall–Kier alpha value is -1.88. The molecule has 0 bridgehead atoms. The van der Waals surface area contributed by atoms with Gasteiger partial charge in [-0.05, 0) is 29.8 Å². The molecule has 2 rings (SSSR count). The van der Waals surface area contributed by atoms with E-state index >= 15 is 0 Å². The molecule has 0 saturated carbocycles. The van der Waals surface area contributed by atoms with Gasteiger partial charge in [-0.25, -0.2) is 0 Å². The number of aliphatic hydroxyl groups is 1. The Labute approximate surface area is 144 Å². The monoisotopic (exact) mass is 329 g/mol. The maximum atomic E-state index is 10.2. The summed E-state index contributed by atoms with van der Waals surface area (Å²) < 4.78 is 10.8. The number of rotatable bonds is 10. The van der Waals surface area contributed by atoms with E-state index in [4.69, 9.17) is 9.47 Å². The number of benzene rings is 2. The fraction of sp³-hybridized carbons (Fsp3) is 0.400. The summed E-state index contributed by atoms with van der Waals surface area (Å²) in [5, 5.41) is 10.2. The van der Waals surface area contributed by atoms with Crippen LogP contribution in [-0.4, -0.2) is 42.9 Å². The molecule has 4 nitrogen and oxygen atoms in total. The van der Waals surface area contributed by atoms with Crippen molar-refractivity contribution >= 4 is 0 Å². The van der Waals surface area contributed by atoms with E-state index in [0.717, 1.165) is 24.4 Å². The zero-order chi connectivity index (χ0) is 17.2. The van der Waals surface area contributed by atoms with Gasteiger partial charge in [-0.1, -0.05) is 49.4 Å². The van der Waals surface area contributed by atoms with Crippen molar-refractivity contribution in [1.82, 2.24) is 4.90 Å². The molecule has 1 unspecified atom stereocenters. The van der Waals surface area contributed by atoms with Crippen LogP contribution >= 0.6 is 0 Å². The maximum absolute atomic E-state index is 10.2. The molecule has 0 saturated heterocycles. The van der Waals surface area contributed by atoms with Crippen molar-refractivity contribution in [3.8, 4) is 5.75 Å². The number of methoxy groups -OCH3 is 1. The van der Waals surface area contributed by atoms with Gasteiger partial charge in [0.05, 0.1) is 26.4 Å². The van der Waals surface area contributed by atoms with E-state index in [2.05, 4.69) is 24.0 Å². The van der Waals surface area contributed by atoms with Gasteiger partial charge < -0.3 is 14.6 Å². The summed E-state index contributed by atoms with van der Waals surface area (Å²) in [6.45, 7) is 5.23. The molecule has 0 aliphatic rings. The average Bonchev–Trinajstić information content (AvgIpc) is 2.62. The first-order valence-corrected chi connectivity index (χ1v) is 8.36. The SMILES string of the molecule is CCN(Cc1ccccc1)CC(O)COCc1cccc(OC)c1. The van der Waals surface area contributed by atoms with Gasteiger partial charge in [0.2, 0.25) is 0 Å². The highest BCUT2D eigenvalue weighted by molar-refractivity contribution is 5.27. The third-order valence-corrected chi connectivity index (χ3v) is 3.88. The van der Waals surface area contributed by atoms with Gasteiger partial charge in [-0.3, -0.25) is 4.90 Å². The molecule has 0 amide bonds. The molecule has 0 aliphatic carbocycles. The van der Waals surface area contributed by atoms with Crippen LogP contribution in [0.1, 0.15) is 18.1 Å². The van der Waals surface area contributed by atoms with Crippen molar-refractivity contribution in [3.63, 3.8) is 0 Å². The Balaban J connectivity index is 1.74. The molecular weight excluding hydrogens is 302 g/mol. The molecule has 0 spiro atoms. The number of hydrogen-bond acceptors (Lipinski definition) is 4. The summed E-state index contributed by atoms with van der Waals surface area (Å²) in [7, 11) is 1.65. The minimum atomic E-state index is -0.501. The Morgan fingerprint density at radius 3 is 2.50 bits per heavy atom. The lowest BCUT2D eigenvalue weighted by Gasteiger charge is -2.23. The van der Waals surface area contributed by atoms with E-state index in [0.29, 0.717) is 19.8 Å². The largest absolute Gasteiger partial charge is 0.497 e. The molecule has 0 aliphatic heterocycles. The van der Waals surface area contributed by atoms with E-state index < -0.39 is 6.10 Å². The Morgan fingerprint density at radius 2 is 1.79 bits per heavy atom. The molecular formula is C20H27NO3. The van der Waals surface area contributed by atoms with Gasteiger partial charge in [-0.2, -0.15) is 0 Å². The second kappa shape index (κ2) is 10.1. The lowest BCUT2D eigenvalue weighted by molar-refractivity contribution is 0.00937. The van der Waals surface area contributed by atoms with Crippen LogP contribution in [0.5, 0.6) is 5.75 Å². The predicted octanol–water partition coefficient (Wildman–Crippen LogP) is 3.09. The van der Waals surface area contributed by atoms with Crippen LogP contribution in [0.25, 0.3) is 0 Å². The quantitative estimate of drug-likeness (QED) is 0.727. The Morgan fingerprint density at radius 1 is 1.04 bits per heavy atom. The van der Waals surface area contributed by atoms with Gasteiger partial charge in [0.15, 0.2) is 0 Å². The summed E-state index contributed by atoms with van der Waals surface area (Å²) in [5.74, 6) is 0.816. The Bertz CT molecular complexity index is 588. The first-order chi connectivity index (χ1) is 11.7. The Kier molecular flexibility index (Phi) is 7.75. The second-order valence-electron chi connectivity index (χ2n) is 5.83. The number of aliphatic hydroxyl groups excluding tert-OH is 1. The average molecular weight is 329 g/mol. The van der Waals surface area contributed by atoms with Crippen molar-refractivity contribution < 1.29 is 14.6 Å². The topological polar surface area (TPSA) is 41.9 Å². The summed E-state index contributed by atoms with van der Waals surface area (Å²) in [6.07, 6.45) is -0.501. The molecule has 24 heavy (non-hydrogen) atoms. The normalized spacial score (nSPS) is 12.3. The molecule has 0 aromatic heterocycles. The van der Waals surface area contributed by atoms with E-state index in [9.17, 15) is 5.11 Å². The molecule has 1 N–H and O–H groups in total. The van der Waals surface area contributed by atoms with Crippen LogP contribution in [0.3, 0.4) is 0 Å². The van der Waals surface area contributed by atoms with Gasteiger partial charge >= 0.3 is 0 Å². The van der Waals surface area contributed by atoms with Crippen molar-refractivity contribution in [2.45, 2.75) is 26.2 Å². The molecule has 130 valence electrons. The number of hydrogen-bond donors (Lipinski definition) is 1. The maximum Gasteiger partial charge on any atom is 0.119 e. The van der Waals surface area contributed by atoms with Crippen molar-refractivity contribution in [3.05, 3.63) is 65.7 Å². The van der Waals surface area contributed by atoms with Crippen LogP contribution in [0.4, 0.5) is 0 Å². The molecule has 2 aromatic carbocycles. The van der Waals surface area contributed by atoms with Gasteiger partial charge in [-0.15, -0.1) is 0 Å². The van der Waals surface area contributed by atoms with E-state index in [1.54, 1.807) is 7.11 Å². The van der Waals surface area contributed by atoms with Crippen LogP contribution in [0.2, 0.25) is 0 Å². The first kappa shape index (κ1) is 18.5. The first-order valence-electron chi connectivity index (χ1n) is 8.36. The van der Waals surface area contributed by atoms with Crippen LogP contribution in [0.15, 0.2) is 54.6 Å². The highest BCUT2D eigenvalue weighted by Crippen LogP contribution is 2.13. The van der Waals surface area contributed by atoms with Crippen molar-refractivity contribution in [2.24, 2.45) is 0 Å². The number of likely N-dealkylation sites (N-methyl/N-ethyl adjacent to an activating group) is 1. The molecule has 1 atom stereocenters. The zero-order valence-corrected chi connectivity index (χ0v) is 14.5. The van der Waals surface area contributed by atoms with Crippen LogP contribution in [0, 0.1) is 0 Å². The number of nitrogens with zero attached hydrogens (tertiary/aromatic N) is 1. The third-order valence-electron chi connectivity index (χ3n) is 3.88. The summed E-state index contributed by atoms with van der Waals surface area (Å²) in [4.78, 5) is 2.22. The van der Waals surface area contributed by atoms with Gasteiger partial charge in [0.25, 0.3) is 0 Å². The lowest BCUT2D eigenvalue weighted by atomic mass is 10.2. The van der Waals surface area contributed by atoms with Crippen LogP contribution in [-0.2, 0) is 17.9 Å². The number of ether oxygens (including phenoxy) is 2. The molecule has 0 radical (unpaired) electrons. The summed E-state index contributed by atoms with van der Waals surface area (Å²) >= 11 is 0. The third kappa shape index (κ3) is 6.32. The van der Waals surface area contributed by atoms with E-state index in [1.165, 1.54) is 5.56 Å². The van der Waals surface area contributed by atoms with Crippen molar-refractivity contribution in [1.29, 1.82) is 0 Å². The van der Waals surface area contributed by atoms with Gasteiger partial charge in [0, 0.05) is 13.1 Å². The zero-order valence-electron chi connectivity index (χ0n) is 14.5. The fourth-order valence-corrected chi connectivity index (χ4v) is 2.57. The van der Waals surface area contributed by atoms with Crippen molar-refractivity contribution in [2.75, 3.05) is 26.8 Å². The lowest BCUT2D eigenvalue weighted by Crippen LogP contribution is -2.34. The standard InChI is InChI=1S/C20H27NO3/c1-3-21(13-17-8-5-4-6-9-17)14-19(22)16-24-15-18-10-7-11-20(12-18)23-2/h4-12,19,22H,3,13-16H2,1-2H3. The van der Waals surface area contributed by atoms with Crippen LogP contribution < -0.4 is 4.74 Å². The minimum absolute atomic E-state index is 0.322. The molecule has 4 heteroatoms. The van der Waals surface area contributed by atoms with Gasteiger partial charge in [0.1, 0.15) is 5.75 Å². The fourth-order valence-electron chi connectivity index (χ4n) is 2.57. The summed E-state index contributed by atoms with van der Waals surface area (Å²) in [6, 6.07) is 18.1. The highest BCUT2D eigenvalue weighted by atomic mass is 16.5. The summed E-state index contributed by atoms with van der Waals surface area (Å²) in [5.41, 5.74) is 2.29. The molecule has 2 aromatic rings. The second-order valence-corrected chi connectivity index (χ2v) is 5.83. The smallest absolute Gasteiger partial charge is 0.119 e. The molecule has 0 fully saturated rings. The highest BCUT2D eigenvalue weighted by Gasteiger charge is 2.11. The van der Waals surface area contributed by atoms with E-state index in [1.807, 2.05) is 42.5 Å². The predicted molar refractivity (Wildman–Crippen MR) is 96.0 cm³/mol.